The van der Waals surface area contributed by atoms with Crippen molar-refractivity contribution >= 4 is 5.97 Å². The Bertz CT molecular complexity index is 958. The normalized spacial score (nSPS) is 10.5. The van der Waals surface area contributed by atoms with E-state index in [9.17, 15) is 9.59 Å². The zero-order valence-corrected chi connectivity index (χ0v) is 14.2. The molecule has 126 valence electrons. The number of nitrogens with zero attached hydrogens (tertiary/aromatic N) is 1. The number of pyridine rings is 1. The van der Waals surface area contributed by atoms with Crippen molar-refractivity contribution in [1.29, 1.82) is 0 Å². The number of aryl methyl sites for hydroxylation is 1. The Morgan fingerprint density at radius 1 is 0.960 bits per heavy atom. The highest BCUT2D eigenvalue weighted by Gasteiger charge is 2.17. The van der Waals surface area contributed by atoms with E-state index >= 15 is 0 Å². The monoisotopic (exact) mass is 333 g/mol. The fourth-order valence-corrected chi connectivity index (χ4v) is 2.92. The van der Waals surface area contributed by atoms with Crippen molar-refractivity contribution in [3.05, 3.63) is 93.9 Å². The highest BCUT2D eigenvalue weighted by molar-refractivity contribution is 5.97. The van der Waals surface area contributed by atoms with E-state index < -0.39 is 5.97 Å². The quantitative estimate of drug-likeness (QED) is 0.687. The first-order valence-corrected chi connectivity index (χ1v) is 8.01. The Kier molecular flexibility index (Phi) is 4.80. The lowest BCUT2D eigenvalue weighted by molar-refractivity contribution is 0.0601. The Hall–Kier alpha value is -3.14. The van der Waals surface area contributed by atoms with Crippen molar-refractivity contribution in [2.24, 2.45) is 7.05 Å². The first-order valence-electron chi connectivity index (χ1n) is 8.01. The molecule has 0 N–H and O–H groups in total. The third-order valence-electron chi connectivity index (χ3n) is 4.09. The summed E-state index contributed by atoms with van der Waals surface area (Å²) < 4.78 is 6.70. The van der Waals surface area contributed by atoms with Crippen LogP contribution in [0.4, 0.5) is 0 Å². The van der Waals surface area contributed by atoms with Crippen molar-refractivity contribution in [3.63, 3.8) is 0 Å². The summed E-state index contributed by atoms with van der Waals surface area (Å²) in [5, 5.41) is 0. The van der Waals surface area contributed by atoms with Crippen LogP contribution in [0.25, 0.3) is 11.1 Å². The number of ether oxygens (including phenoxy) is 1. The Labute approximate surface area is 146 Å². The van der Waals surface area contributed by atoms with E-state index in [-0.39, 0.29) is 5.43 Å². The molecule has 4 heteroatoms. The second-order valence-electron chi connectivity index (χ2n) is 5.89. The molecule has 0 spiro atoms. The number of esters is 1. The second kappa shape index (κ2) is 7.18. The number of benzene rings is 2. The fraction of sp³-hybridized carbons (Fsp3) is 0.143. The van der Waals surface area contributed by atoms with Crippen molar-refractivity contribution in [1.82, 2.24) is 4.57 Å². The molecule has 0 atom stereocenters. The number of carbonyl (C=O) groups excluding carboxylic acids is 1. The average molecular weight is 333 g/mol. The molecule has 3 aromatic rings. The molecule has 1 aromatic heterocycles. The van der Waals surface area contributed by atoms with E-state index in [1.165, 1.54) is 7.11 Å². The maximum atomic E-state index is 13.0. The number of methoxy groups -OCH3 is 1. The van der Waals surface area contributed by atoms with Crippen LogP contribution in [0.3, 0.4) is 0 Å². The Morgan fingerprint density at radius 3 is 2.36 bits per heavy atom. The van der Waals surface area contributed by atoms with Crippen molar-refractivity contribution in [3.8, 4) is 11.1 Å². The van der Waals surface area contributed by atoms with Gasteiger partial charge in [-0.1, -0.05) is 48.5 Å². The summed E-state index contributed by atoms with van der Waals surface area (Å²) in [5.74, 6) is -0.453. The SMILES string of the molecule is COC(=O)c1ccccc1-c1cn(C)cc(Cc2ccccc2)c1=O. The minimum Gasteiger partial charge on any atom is -0.465 e. The van der Waals surface area contributed by atoms with Gasteiger partial charge in [0.1, 0.15) is 0 Å². The predicted molar refractivity (Wildman–Crippen MR) is 97.7 cm³/mol. The molecule has 0 saturated heterocycles. The van der Waals surface area contributed by atoms with Gasteiger partial charge in [0, 0.05) is 42.6 Å². The molecule has 25 heavy (non-hydrogen) atoms. The van der Waals surface area contributed by atoms with Gasteiger partial charge in [-0.25, -0.2) is 4.79 Å². The minimum atomic E-state index is -0.453. The molecule has 0 bridgehead atoms. The van der Waals surface area contributed by atoms with E-state index in [1.807, 2.05) is 54.2 Å². The molecular formula is C21H19NO3. The van der Waals surface area contributed by atoms with Gasteiger partial charge in [0.25, 0.3) is 0 Å². The summed E-state index contributed by atoms with van der Waals surface area (Å²) in [7, 11) is 3.21. The first kappa shape index (κ1) is 16.7. The molecule has 4 nitrogen and oxygen atoms in total. The van der Waals surface area contributed by atoms with Gasteiger partial charge >= 0.3 is 5.97 Å². The van der Waals surface area contributed by atoms with Crippen LogP contribution in [-0.2, 0) is 18.2 Å². The zero-order chi connectivity index (χ0) is 17.8. The molecule has 3 rings (SSSR count). The largest absolute Gasteiger partial charge is 0.465 e. The van der Waals surface area contributed by atoms with Gasteiger partial charge in [-0.15, -0.1) is 0 Å². The van der Waals surface area contributed by atoms with Gasteiger partial charge < -0.3 is 9.30 Å². The van der Waals surface area contributed by atoms with Gasteiger partial charge in [0.05, 0.1) is 12.7 Å². The summed E-state index contributed by atoms with van der Waals surface area (Å²) in [6.45, 7) is 0. The third kappa shape index (κ3) is 3.53. The summed E-state index contributed by atoms with van der Waals surface area (Å²) in [4.78, 5) is 25.1. The summed E-state index contributed by atoms with van der Waals surface area (Å²) in [6.07, 6.45) is 4.12. The topological polar surface area (TPSA) is 48.3 Å². The van der Waals surface area contributed by atoms with Gasteiger partial charge in [-0.3, -0.25) is 4.79 Å². The van der Waals surface area contributed by atoms with E-state index in [0.29, 0.717) is 28.7 Å². The molecule has 0 radical (unpaired) electrons. The predicted octanol–water partition coefficient (Wildman–Crippen LogP) is 3.43. The van der Waals surface area contributed by atoms with Crippen LogP contribution in [0.1, 0.15) is 21.5 Å². The highest BCUT2D eigenvalue weighted by Crippen LogP contribution is 2.22. The maximum absolute atomic E-state index is 13.0. The van der Waals surface area contributed by atoms with E-state index in [0.717, 1.165) is 5.56 Å². The van der Waals surface area contributed by atoms with Crippen molar-refractivity contribution < 1.29 is 9.53 Å². The number of rotatable bonds is 4. The van der Waals surface area contributed by atoms with Crippen molar-refractivity contribution in [2.45, 2.75) is 6.42 Å². The zero-order valence-electron chi connectivity index (χ0n) is 14.2. The van der Waals surface area contributed by atoms with E-state index in [4.69, 9.17) is 4.74 Å². The van der Waals surface area contributed by atoms with Crippen LogP contribution in [0.2, 0.25) is 0 Å². The summed E-state index contributed by atoms with van der Waals surface area (Å²) >= 11 is 0. The molecule has 0 aliphatic carbocycles. The summed E-state index contributed by atoms with van der Waals surface area (Å²) in [6, 6.07) is 16.9. The van der Waals surface area contributed by atoms with Crippen molar-refractivity contribution in [2.75, 3.05) is 7.11 Å². The van der Waals surface area contributed by atoms with Gasteiger partial charge in [0.15, 0.2) is 5.43 Å². The molecule has 0 fully saturated rings. The molecule has 1 heterocycles. The average Bonchev–Trinajstić information content (AvgIpc) is 2.64. The van der Waals surface area contributed by atoms with E-state index in [2.05, 4.69) is 0 Å². The third-order valence-corrected chi connectivity index (χ3v) is 4.09. The van der Waals surface area contributed by atoms with Gasteiger partial charge in [-0.2, -0.15) is 0 Å². The molecule has 0 saturated carbocycles. The molecular weight excluding hydrogens is 314 g/mol. The van der Waals surface area contributed by atoms with Gasteiger partial charge in [-0.05, 0) is 11.6 Å². The second-order valence-corrected chi connectivity index (χ2v) is 5.89. The number of hydrogen-bond acceptors (Lipinski definition) is 3. The molecule has 0 aliphatic rings. The lowest BCUT2D eigenvalue weighted by Crippen LogP contribution is -2.16. The fourth-order valence-electron chi connectivity index (χ4n) is 2.92. The molecule has 0 unspecified atom stereocenters. The Morgan fingerprint density at radius 2 is 1.64 bits per heavy atom. The smallest absolute Gasteiger partial charge is 0.338 e. The van der Waals surface area contributed by atoms with Crippen LogP contribution >= 0.6 is 0 Å². The molecule has 0 amide bonds. The standard InChI is InChI=1S/C21H19NO3/c1-22-13-16(12-15-8-4-3-5-9-15)20(23)19(14-22)17-10-6-7-11-18(17)21(24)25-2/h3-11,13-14H,12H2,1-2H3. The van der Waals surface area contributed by atoms with Crippen LogP contribution in [0.5, 0.6) is 0 Å². The van der Waals surface area contributed by atoms with Crippen LogP contribution in [0, 0.1) is 0 Å². The number of hydrogen-bond donors (Lipinski definition) is 0. The lowest BCUT2D eigenvalue weighted by atomic mass is 9.97. The minimum absolute atomic E-state index is 0.0710. The lowest BCUT2D eigenvalue weighted by Gasteiger charge is -2.11. The molecule has 0 aliphatic heterocycles. The van der Waals surface area contributed by atoms with Crippen LogP contribution in [0.15, 0.2) is 71.8 Å². The maximum Gasteiger partial charge on any atom is 0.338 e. The summed E-state index contributed by atoms with van der Waals surface area (Å²) in [5.41, 5.74) is 3.16. The van der Waals surface area contributed by atoms with E-state index in [1.54, 1.807) is 24.4 Å². The molecule has 2 aromatic carbocycles. The number of carbonyl (C=O) groups is 1. The highest BCUT2D eigenvalue weighted by atomic mass is 16.5. The van der Waals surface area contributed by atoms with Crippen LogP contribution in [-0.4, -0.2) is 17.6 Å². The van der Waals surface area contributed by atoms with Gasteiger partial charge in [0.2, 0.25) is 0 Å². The number of aromatic nitrogens is 1. The Balaban J connectivity index is 2.13. The van der Waals surface area contributed by atoms with Crippen LogP contribution < -0.4 is 5.43 Å². The first-order chi connectivity index (χ1) is 12.1.